The van der Waals surface area contributed by atoms with E-state index >= 15 is 0 Å². The molecule has 0 bridgehead atoms. The van der Waals surface area contributed by atoms with Crippen LogP contribution in [-0.2, 0) is 0 Å². The van der Waals surface area contributed by atoms with Gasteiger partial charge in [0.15, 0.2) is 6.10 Å². The lowest BCUT2D eigenvalue weighted by molar-refractivity contribution is -0.210. The average molecular weight is 235 g/mol. The van der Waals surface area contributed by atoms with Gasteiger partial charge >= 0.3 is 6.18 Å². The maximum Gasteiger partial charge on any atom is 0.417 e. The molecule has 0 heterocycles. The van der Waals surface area contributed by atoms with Crippen LogP contribution in [0.3, 0.4) is 0 Å². The van der Waals surface area contributed by atoms with E-state index in [2.05, 4.69) is 0 Å². The summed E-state index contributed by atoms with van der Waals surface area (Å²) in [5.41, 5.74) is 6.59. The number of benzene rings is 1. The Kier molecular flexibility index (Phi) is 3.64. The molecule has 0 aliphatic heterocycles. The van der Waals surface area contributed by atoms with Gasteiger partial charge in [0, 0.05) is 5.69 Å². The molecular formula is C10H12F3NO2. The SMILES string of the molecule is Cc1cc(N)ccc1OCC(O)C(F)(F)F. The molecule has 1 atom stereocenters. The highest BCUT2D eigenvalue weighted by Crippen LogP contribution is 2.23. The zero-order chi connectivity index (χ0) is 12.3. The van der Waals surface area contributed by atoms with E-state index in [0.29, 0.717) is 11.3 Å². The fourth-order valence-corrected chi connectivity index (χ4v) is 1.10. The van der Waals surface area contributed by atoms with Gasteiger partial charge in [0.05, 0.1) is 0 Å². The van der Waals surface area contributed by atoms with Crippen LogP contribution in [0, 0.1) is 6.92 Å². The van der Waals surface area contributed by atoms with Gasteiger partial charge in [-0.1, -0.05) is 0 Å². The van der Waals surface area contributed by atoms with Gasteiger partial charge in [0.25, 0.3) is 0 Å². The van der Waals surface area contributed by atoms with Crippen molar-refractivity contribution in [3.8, 4) is 5.75 Å². The Morgan fingerprint density at radius 1 is 1.44 bits per heavy atom. The summed E-state index contributed by atoms with van der Waals surface area (Å²) in [7, 11) is 0. The van der Waals surface area contributed by atoms with Crippen molar-refractivity contribution in [3.05, 3.63) is 23.8 Å². The molecule has 0 saturated heterocycles. The molecule has 6 heteroatoms. The number of ether oxygens (including phenoxy) is 1. The lowest BCUT2D eigenvalue weighted by Crippen LogP contribution is -2.34. The number of halogens is 3. The van der Waals surface area contributed by atoms with E-state index in [0.717, 1.165) is 0 Å². The molecule has 0 aliphatic carbocycles. The second-order valence-corrected chi connectivity index (χ2v) is 3.39. The lowest BCUT2D eigenvalue weighted by atomic mass is 10.2. The molecule has 1 aromatic rings. The normalized spacial score (nSPS) is 13.6. The average Bonchev–Trinajstić information content (AvgIpc) is 2.14. The molecule has 1 unspecified atom stereocenters. The number of anilines is 1. The molecular weight excluding hydrogens is 223 g/mol. The zero-order valence-electron chi connectivity index (χ0n) is 8.58. The molecule has 16 heavy (non-hydrogen) atoms. The van der Waals surface area contributed by atoms with Crippen LogP contribution in [0.5, 0.6) is 5.75 Å². The minimum absolute atomic E-state index is 0.275. The summed E-state index contributed by atoms with van der Waals surface area (Å²) in [6.07, 6.45) is -7.15. The Morgan fingerprint density at radius 2 is 2.06 bits per heavy atom. The van der Waals surface area contributed by atoms with Gasteiger partial charge in [-0.05, 0) is 30.7 Å². The molecule has 0 fully saturated rings. The van der Waals surface area contributed by atoms with Gasteiger partial charge < -0.3 is 15.6 Å². The third kappa shape index (κ3) is 3.30. The Bertz CT molecular complexity index is 366. The maximum atomic E-state index is 12.0. The van der Waals surface area contributed by atoms with Gasteiger partial charge in [0.2, 0.25) is 0 Å². The van der Waals surface area contributed by atoms with E-state index in [-0.39, 0.29) is 5.75 Å². The summed E-state index contributed by atoms with van der Waals surface area (Å²) >= 11 is 0. The first-order chi connectivity index (χ1) is 7.30. The Hall–Kier alpha value is -1.43. The molecule has 0 aliphatic rings. The third-order valence-electron chi connectivity index (χ3n) is 1.97. The maximum absolute atomic E-state index is 12.0. The molecule has 3 N–H and O–H groups in total. The first-order valence-electron chi connectivity index (χ1n) is 4.54. The molecule has 1 aromatic carbocycles. The number of hydrogen-bond donors (Lipinski definition) is 2. The molecule has 0 spiro atoms. The van der Waals surface area contributed by atoms with E-state index in [1.807, 2.05) is 0 Å². The van der Waals surface area contributed by atoms with E-state index in [4.69, 9.17) is 15.6 Å². The van der Waals surface area contributed by atoms with Gasteiger partial charge in [-0.15, -0.1) is 0 Å². The number of hydrogen-bond acceptors (Lipinski definition) is 3. The largest absolute Gasteiger partial charge is 0.490 e. The van der Waals surface area contributed by atoms with Crippen molar-refractivity contribution in [2.75, 3.05) is 12.3 Å². The predicted octanol–water partition coefficient (Wildman–Crippen LogP) is 1.88. The second-order valence-electron chi connectivity index (χ2n) is 3.39. The summed E-state index contributed by atoms with van der Waals surface area (Å²) in [5.74, 6) is 0.275. The monoisotopic (exact) mass is 235 g/mol. The number of nitrogen functional groups attached to an aromatic ring is 1. The van der Waals surface area contributed by atoms with Crippen LogP contribution in [0.2, 0.25) is 0 Å². The summed E-state index contributed by atoms with van der Waals surface area (Å²) in [6.45, 7) is 0.833. The van der Waals surface area contributed by atoms with Crippen molar-refractivity contribution in [2.24, 2.45) is 0 Å². The van der Waals surface area contributed by atoms with Crippen LogP contribution < -0.4 is 10.5 Å². The number of alkyl halides is 3. The Morgan fingerprint density at radius 3 is 2.56 bits per heavy atom. The Labute approximate surface area is 90.6 Å². The molecule has 0 saturated carbocycles. The first-order valence-corrected chi connectivity index (χ1v) is 4.54. The summed E-state index contributed by atoms with van der Waals surface area (Å²) in [6, 6.07) is 4.56. The molecule has 0 aromatic heterocycles. The highest BCUT2D eigenvalue weighted by atomic mass is 19.4. The van der Waals surface area contributed by atoms with Crippen LogP contribution >= 0.6 is 0 Å². The minimum atomic E-state index is -4.66. The van der Waals surface area contributed by atoms with E-state index in [1.54, 1.807) is 13.0 Å². The minimum Gasteiger partial charge on any atom is -0.490 e. The van der Waals surface area contributed by atoms with Crippen molar-refractivity contribution in [2.45, 2.75) is 19.2 Å². The summed E-state index contributed by atoms with van der Waals surface area (Å²) in [5, 5.41) is 8.72. The lowest BCUT2D eigenvalue weighted by Gasteiger charge is -2.16. The van der Waals surface area contributed by atoms with Crippen LogP contribution in [-0.4, -0.2) is 24.0 Å². The van der Waals surface area contributed by atoms with Gasteiger partial charge in [0.1, 0.15) is 12.4 Å². The van der Waals surface area contributed by atoms with Crippen molar-refractivity contribution in [1.29, 1.82) is 0 Å². The molecule has 1 rings (SSSR count). The van der Waals surface area contributed by atoms with Crippen molar-refractivity contribution < 1.29 is 23.0 Å². The smallest absolute Gasteiger partial charge is 0.417 e. The van der Waals surface area contributed by atoms with E-state index in [1.165, 1.54) is 12.1 Å². The van der Waals surface area contributed by atoms with Crippen molar-refractivity contribution in [1.82, 2.24) is 0 Å². The Balaban J connectivity index is 2.62. The standard InChI is InChI=1S/C10H12F3NO2/c1-6-4-7(14)2-3-8(6)16-5-9(15)10(11,12)13/h2-4,9,15H,5,14H2,1H3. The van der Waals surface area contributed by atoms with Crippen molar-refractivity contribution in [3.63, 3.8) is 0 Å². The topological polar surface area (TPSA) is 55.5 Å². The fourth-order valence-electron chi connectivity index (χ4n) is 1.10. The van der Waals surface area contributed by atoms with Crippen LogP contribution in [0.4, 0.5) is 18.9 Å². The quantitative estimate of drug-likeness (QED) is 0.786. The third-order valence-corrected chi connectivity index (χ3v) is 1.97. The van der Waals surface area contributed by atoms with E-state index in [9.17, 15) is 13.2 Å². The molecule has 0 amide bonds. The highest BCUT2D eigenvalue weighted by molar-refractivity contribution is 5.47. The van der Waals surface area contributed by atoms with Crippen LogP contribution in [0.1, 0.15) is 5.56 Å². The number of nitrogens with two attached hydrogens (primary N) is 1. The highest BCUT2D eigenvalue weighted by Gasteiger charge is 2.38. The number of aliphatic hydroxyl groups excluding tert-OH is 1. The van der Waals surface area contributed by atoms with Gasteiger partial charge in [-0.2, -0.15) is 13.2 Å². The summed E-state index contributed by atoms with van der Waals surface area (Å²) in [4.78, 5) is 0. The second kappa shape index (κ2) is 4.61. The number of rotatable bonds is 3. The fraction of sp³-hybridized carbons (Fsp3) is 0.400. The van der Waals surface area contributed by atoms with Crippen LogP contribution in [0.25, 0.3) is 0 Å². The van der Waals surface area contributed by atoms with Gasteiger partial charge in [-0.25, -0.2) is 0 Å². The summed E-state index contributed by atoms with van der Waals surface area (Å²) < 4.78 is 40.8. The van der Waals surface area contributed by atoms with E-state index < -0.39 is 18.9 Å². The van der Waals surface area contributed by atoms with Crippen LogP contribution in [0.15, 0.2) is 18.2 Å². The molecule has 90 valence electrons. The number of aryl methyl sites for hydroxylation is 1. The zero-order valence-corrected chi connectivity index (χ0v) is 8.58. The first kappa shape index (κ1) is 12.6. The molecule has 0 radical (unpaired) electrons. The molecule has 3 nitrogen and oxygen atoms in total. The van der Waals surface area contributed by atoms with Gasteiger partial charge in [-0.3, -0.25) is 0 Å². The number of aliphatic hydroxyl groups is 1. The predicted molar refractivity (Wildman–Crippen MR) is 53.1 cm³/mol. The van der Waals surface area contributed by atoms with Crippen molar-refractivity contribution >= 4 is 5.69 Å².